The molecule has 27 heavy (non-hydrogen) atoms. The molecule has 4 aromatic heterocycles. The number of pyridine rings is 1. The van der Waals surface area contributed by atoms with E-state index in [0.29, 0.717) is 32.9 Å². The first-order valence-electron chi connectivity index (χ1n) is 7.84. The molecule has 0 aromatic carbocycles. The van der Waals surface area contributed by atoms with Crippen LogP contribution in [0, 0.1) is 0 Å². The molecule has 0 aliphatic carbocycles. The summed E-state index contributed by atoms with van der Waals surface area (Å²) in [7, 11) is 3.22. The van der Waals surface area contributed by atoms with Gasteiger partial charge in [-0.3, -0.25) is 10.2 Å². The Bertz CT molecular complexity index is 1130. The highest BCUT2D eigenvalue weighted by Crippen LogP contribution is 2.40. The summed E-state index contributed by atoms with van der Waals surface area (Å²) in [5, 5.41) is 13.3. The Balaban J connectivity index is 2.06. The molecule has 0 bridgehead atoms. The van der Waals surface area contributed by atoms with Gasteiger partial charge in [0.15, 0.2) is 11.6 Å². The van der Waals surface area contributed by atoms with Gasteiger partial charge in [0.2, 0.25) is 5.88 Å². The van der Waals surface area contributed by atoms with Gasteiger partial charge in [0, 0.05) is 31.3 Å². The van der Waals surface area contributed by atoms with Crippen molar-refractivity contribution in [3.8, 4) is 28.5 Å². The standard InChI is InChI=1S/C16H14ClF2N7O/c1-16(18,19)15-23-13(24-25-15)12-10(7-5-20-21-6-7)11-9(26(12)2)4-8(17)14(22-11)27-3/h4-6H,1-3H3,(H,20,21)(H,23,24,25). The minimum Gasteiger partial charge on any atom is -0.480 e. The zero-order chi connectivity index (χ0) is 19.3. The van der Waals surface area contributed by atoms with Gasteiger partial charge in [-0.1, -0.05) is 11.6 Å². The maximum atomic E-state index is 13.6. The zero-order valence-corrected chi connectivity index (χ0v) is 15.3. The van der Waals surface area contributed by atoms with Crippen molar-refractivity contribution in [1.29, 1.82) is 0 Å². The van der Waals surface area contributed by atoms with Crippen LogP contribution in [0.4, 0.5) is 8.78 Å². The highest BCUT2D eigenvalue weighted by molar-refractivity contribution is 6.32. The lowest BCUT2D eigenvalue weighted by molar-refractivity contribution is 0.00813. The average molecular weight is 394 g/mol. The number of nitrogens with one attached hydrogen (secondary N) is 2. The van der Waals surface area contributed by atoms with Crippen LogP contribution >= 0.6 is 11.6 Å². The summed E-state index contributed by atoms with van der Waals surface area (Å²) >= 11 is 6.22. The first-order chi connectivity index (χ1) is 12.8. The molecule has 0 spiro atoms. The molecule has 0 saturated carbocycles. The number of ether oxygens (including phenoxy) is 1. The quantitative estimate of drug-likeness (QED) is 0.553. The molecule has 0 atom stereocenters. The number of methoxy groups -OCH3 is 1. The Labute approximate surface area is 156 Å². The second kappa shape index (κ2) is 6.02. The molecule has 0 radical (unpaired) electrons. The number of aryl methyl sites for hydroxylation is 1. The molecule has 4 rings (SSSR count). The normalized spacial score (nSPS) is 12.1. The number of hydrogen-bond donors (Lipinski definition) is 2. The van der Waals surface area contributed by atoms with Crippen molar-refractivity contribution in [2.75, 3.05) is 7.11 Å². The third kappa shape index (κ3) is 2.72. The van der Waals surface area contributed by atoms with Crippen LogP contribution in [0.5, 0.6) is 5.88 Å². The Kier molecular flexibility index (Phi) is 3.88. The maximum Gasteiger partial charge on any atom is 0.303 e. The first-order valence-corrected chi connectivity index (χ1v) is 8.22. The van der Waals surface area contributed by atoms with Crippen LogP contribution in [0.3, 0.4) is 0 Å². The molecule has 4 aromatic rings. The van der Waals surface area contributed by atoms with E-state index in [-0.39, 0.29) is 11.7 Å². The van der Waals surface area contributed by atoms with Crippen LogP contribution in [-0.2, 0) is 13.0 Å². The second-order valence-electron chi connectivity index (χ2n) is 6.01. The second-order valence-corrected chi connectivity index (χ2v) is 6.42. The summed E-state index contributed by atoms with van der Waals surface area (Å²) in [6.07, 6.45) is 3.27. The molecular weight excluding hydrogens is 380 g/mol. The molecule has 11 heteroatoms. The molecule has 140 valence electrons. The Morgan fingerprint density at radius 3 is 2.67 bits per heavy atom. The monoisotopic (exact) mass is 393 g/mol. The predicted octanol–water partition coefficient (Wildman–Crippen LogP) is 3.52. The van der Waals surface area contributed by atoms with Crippen molar-refractivity contribution in [2.24, 2.45) is 7.05 Å². The van der Waals surface area contributed by atoms with Crippen LogP contribution in [0.2, 0.25) is 5.02 Å². The van der Waals surface area contributed by atoms with E-state index in [1.807, 2.05) is 0 Å². The summed E-state index contributed by atoms with van der Waals surface area (Å²) in [6.45, 7) is 0.752. The van der Waals surface area contributed by atoms with Gasteiger partial charge in [-0.05, 0) is 6.07 Å². The number of rotatable bonds is 4. The van der Waals surface area contributed by atoms with E-state index < -0.39 is 11.7 Å². The number of aromatic nitrogens is 7. The van der Waals surface area contributed by atoms with Crippen LogP contribution in [0.1, 0.15) is 12.7 Å². The lowest BCUT2D eigenvalue weighted by atomic mass is 10.1. The van der Waals surface area contributed by atoms with Gasteiger partial charge in [-0.2, -0.15) is 19.0 Å². The van der Waals surface area contributed by atoms with Crippen LogP contribution in [-0.4, -0.2) is 42.0 Å². The minimum absolute atomic E-state index is 0.110. The van der Waals surface area contributed by atoms with Gasteiger partial charge in [0.05, 0.1) is 24.5 Å². The van der Waals surface area contributed by atoms with Gasteiger partial charge < -0.3 is 9.30 Å². The third-order valence-corrected chi connectivity index (χ3v) is 4.46. The molecule has 0 amide bonds. The minimum atomic E-state index is -3.14. The average Bonchev–Trinajstić information content (AvgIpc) is 3.33. The number of alkyl halides is 2. The van der Waals surface area contributed by atoms with Crippen molar-refractivity contribution < 1.29 is 13.5 Å². The van der Waals surface area contributed by atoms with E-state index in [1.165, 1.54) is 7.11 Å². The fourth-order valence-electron chi connectivity index (χ4n) is 2.93. The fraction of sp³-hybridized carbons (Fsp3) is 0.250. The summed E-state index contributed by atoms with van der Waals surface area (Å²) in [6, 6.07) is 1.69. The van der Waals surface area contributed by atoms with Gasteiger partial charge in [0.25, 0.3) is 0 Å². The van der Waals surface area contributed by atoms with Crippen molar-refractivity contribution in [1.82, 2.24) is 34.9 Å². The highest BCUT2D eigenvalue weighted by Gasteiger charge is 2.31. The predicted molar refractivity (Wildman–Crippen MR) is 94.8 cm³/mol. The summed E-state index contributed by atoms with van der Waals surface area (Å²) in [4.78, 5) is 8.46. The molecule has 0 saturated heterocycles. The lowest BCUT2D eigenvalue weighted by Gasteiger charge is -2.04. The third-order valence-electron chi connectivity index (χ3n) is 4.19. The van der Waals surface area contributed by atoms with Crippen molar-refractivity contribution in [2.45, 2.75) is 12.8 Å². The summed E-state index contributed by atoms with van der Waals surface area (Å²) < 4.78 is 34.2. The van der Waals surface area contributed by atoms with Gasteiger partial charge in [-0.15, -0.1) is 0 Å². The Morgan fingerprint density at radius 1 is 1.30 bits per heavy atom. The lowest BCUT2D eigenvalue weighted by Crippen LogP contribution is -2.09. The topological polar surface area (TPSA) is 97.3 Å². The van der Waals surface area contributed by atoms with E-state index in [0.717, 1.165) is 6.92 Å². The van der Waals surface area contributed by atoms with E-state index in [4.69, 9.17) is 16.3 Å². The Morgan fingerprint density at radius 2 is 2.07 bits per heavy atom. The molecule has 0 unspecified atom stereocenters. The van der Waals surface area contributed by atoms with Crippen molar-refractivity contribution in [3.05, 3.63) is 29.3 Å². The smallest absolute Gasteiger partial charge is 0.303 e. The summed E-state index contributed by atoms with van der Waals surface area (Å²) in [5.74, 6) is -3.30. The SMILES string of the molecule is COc1nc2c(-c3cn[nH]c3)c(-c3n[nH]c(C(C)(F)F)n3)n(C)c2cc1Cl. The highest BCUT2D eigenvalue weighted by atomic mass is 35.5. The molecule has 0 fully saturated rings. The number of hydrogen-bond acceptors (Lipinski definition) is 5. The molecule has 4 heterocycles. The number of halogens is 3. The molecule has 8 nitrogen and oxygen atoms in total. The largest absolute Gasteiger partial charge is 0.480 e. The number of nitrogens with zero attached hydrogens (tertiary/aromatic N) is 5. The zero-order valence-electron chi connectivity index (χ0n) is 14.5. The number of aromatic amines is 2. The van der Waals surface area contributed by atoms with E-state index >= 15 is 0 Å². The van der Waals surface area contributed by atoms with Gasteiger partial charge in [0.1, 0.15) is 10.5 Å². The van der Waals surface area contributed by atoms with Crippen molar-refractivity contribution in [3.63, 3.8) is 0 Å². The van der Waals surface area contributed by atoms with E-state index in [2.05, 4.69) is 30.4 Å². The fourth-order valence-corrected chi connectivity index (χ4v) is 3.16. The van der Waals surface area contributed by atoms with E-state index in [1.54, 1.807) is 30.1 Å². The number of H-pyrrole nitrogens is 2. The molecule has 0 aliphatic heterocycles. The molecular formula is C16H14ClF2N7O. The molecule has 0 aliphatic rings. The van der Waals surface area contributed by atoms with Crippen molar-refractivity contribution >= 4 is 22.6 Å². The molecule has 2 N–H and O–H groups in total. The van der Waals surface area contributed by atoms with Gasteiger partial charge in [-0.25, -0.2) is 9.97 Å². The van der Waals surface area contributed by atoms with Crippen LogP contribution < -0.4 is 4.74 Å². The van der Waals surface area contributed by atoms with Crippen LogP contribution in [0.25, 0.3) is 33.7 Å². The van der Waals surface area contributed by atoms with E-state index in [9.17, 15) is 8.78 Å². The summed E-state index contributed by atoms with van der Waals surface area (Å²) in [5.41, 5.74) is 3.05. The first kappa shape index (κ1) is 17.4. The van der Waals surface area contributed by atoms with Crippen LogP contribution in [0.15, 0.2) is 18.5 Å². The number of fused-ring (bicyclic) bond motifs is 1. The maximum absolute atomic E-state index is 13.6. The van der Waals surface area contributed by atoms with Gasteiger partial charge >= 0.3 is 5.92 Å². The Hall–Kier alpha value is -3.01.